The van der Waals surface area contributed by atoms with E-state index in [-0.39, 0.29) is 5.91 Å². The lowest BCUT2D eigenvalue weighted by Gasteiger charge is -2.31. The van der Waals surface area contributed by atoms with Crippen LogP contribution in [0, 0.1) is 5.92 Å². The molecule has 0 atom stereocenters. The Bertz CT molecular complexity index is 718. The van der Waals surface area contributed by atoms with Crippen molar-refractivity contribution in [2.75, 3.05) is 39.2 Å². The number of anilines is 1. The van der Waals surface area contributed by atoms with E-state index in [0.29, 0.717) is 29.6 Å². The number of hydrogen-bond donors (Lipinski definition) is 1. The summed E-state index contributed by atoms with van der Waals surface area (Å²) in [5.41, 5.74) is 2.09. The number of amides is 1. The van der Waals surface area contributed by atoms with E-state index in [9.17, 15) is 4.79 Å². The number of likely N-dealkylation sites (tertiary alicyclic amines) is 1. The van der Waals surface area contributed by atoms with Gasteiger partial charge >= 0.3 is 0 Å². The van der Waals surface area contributed by atoms with E-state index in [1.165, 1.54) is 5.56 Å². The third-order valence-electron chi connectivity index (χ3n) is 5.08. The summed E-state index contributed by atoms with van der Waals surface area (Å²) in [5.74, 6) is 2.01. The Kier molecular flexibility index (Phi) is 6.71. The summed E-state index contributed by atoms with van der Waals surface area (Å²) in [4.78, 5) is 14.6. The van der Waals surface area contributed by atoms with Crippen molar-refractivity contribution in [3.8, 4) is 11.5 Å². The van der Waals surface area contributed by atoms with Crippen molar-refractivity contribution < 1.29 is 14.3 Å². The van der Waals surface area contributed by atoms with Gasteiger partial charge in [0.25, 0.3) is 0 Å². The molecule has 0 radical (unpaired) electrons. The fraction of sp³-hybridized carbons (Fsp3) is 0.409. The van der Waals surface area contributed by atoms with Gasteiger partial charge in [0, 0.05) is 23.9 Å². The first-order chi connectivity index (χ1) is 13.2. The minimum Gasteiger partial charge on any atom is -0.497 e. The van der Waals surface area contributed by atoms with Gasteiger partial charge in [0.2, 0.25) is 5.91 Å². The summed E-state index contributed by atoms with van der Waals surface area (Å²) in [5, 5.41) is 2.95. The van der Waals surface area contributed by atoms with E-state index in [4.69, 9.17) is 9.47 Å². The summed E-state index contributed by atoms with van der Waals surface area (Å²) in [7, 11) is 3.19. The molecule has 1 saturated heterocycles. The zero-order chi connectivity index (χ0) is 19.1. The Balaban J connectivity index is 1.47. The third-order valence-corrected chi connectivity index (χ3v) is 5.08. The Morgan fingerprint density at radius 3 is 2.26 bits per heavy atom. The Labute approximate surface area is 161 Å². The Morgan fingerprint density at radius 2 is 1.67 bits per heavy atom. The van der Waals surface area contributed by atoms with E-state index in [2.05, 4.69) is 40.5 Å². The van der Waals surface area contributed by atoms with Crippen molar-refractivity contribution in [3.05, 3.63) is 54.1 Å². The number of nitrogens with one attached hydrogen (secondary N) is 1. The van der Waals surface area contributed by atoms with Gasteiger partial charge in [-0.2, -0.15) is 0 Å². The van der Waals surface area contributed by atoms with Gasteiger partial charge in [0.05, 0.1) is 20.8 Å². The molecular weight excluding hydrogens is 340 g/mol. The summed E-state index contributed by atoms with van der Waals surface area (Å²) >= 11 is 0. The molecule has 3 rings (SSSR count). The average Bonchev–Trinajstić information content (AvgIpc) is 2.70. The molecule has 1 aliphatic heterocycles. The van der Waals surface area contributed by atoms with Crippen molar-refractivity contribution >= 4 is 11.6 Å². The molecular formula is C22H28N2O3. The van der Waals surface area contributed by atoms with Crippen LogP contribution >= 0.6 is 0 Å². The highest BCUT2D eigenvalue weighted by Crippen LogP contribution is 2.26. The first kappa shape index (κ1) is 19.2. The summed E-state index contributed by atoms with van der Waals surface area (Å²) < 4.78 is 10.5. The zero-order valence-corrected chi connectivity index (χ0v) is 16.1. The average molecular weight is 368 g/mol. The van der Waals surface area contributed by atoms with Crippen molar-refractivity contribution in [3.63, 3.8) is 0 Å². The highest BCUT2D eigenvalue weighted by molar-refractivity contribution is 5.92. The van der Waals surface area contributed by atoms with Gasteiger partial charge in [0.15, 0.2) is 0 Å². The standard InChI is InChI=1S/C22H28N2O3/c1-26-20-13-19(14-21(15-20)27-2)23-22(25)16-24-10-8-18(9-11-24)12-17-6-4-3-5-7-17/h3-7,13-15,18H,8-12,16H2,1-2H3,(H,23,25). The molecule has 0 bridgehead atoms. The van der Waals surface area contributed by atoms with Gasteiger partial charge in [-0.05, 0) is 43.8 Å². The molecule has 5 nitrogen and oxygen atoms in total. The molecule has 0 saturated carbocycles. The van der Waals surface area contributed by atoms with E-state index in [0.717, 1.165) is 32.4 Å². The highest BCUT2D eigenvalue weighted by Gasteiger charge is 2.21. The van der Waals surface area contributed by atoms with Crippen LogP contribution < -0.4 is 14.8 Å². The quantitative estimate of drug-likeness (QED) is 0.811. The van der Waals surface area contributed by atoms with Gasteiger partial charge in [-0.3, -0.25) is 9.69 Å². The minimum atomic E-state index is -0.00758. The van der Waals surface area contributed by atoms with E-state index in [1.807, 2.05) is 0 Å². The van der Waals surface area contributed by atoms with Crippen molar-refractivity contribution in [2.24, 2.45) is 5.92 Å². The third kappa shape index (κ3) is 5.73. The number of piperidine rings is 1. The van der Waals surface area contributed by atoms with Crippen LogP contribution in [0.25, 0.3) is 0 Å². The summed E-state index contributed by atoms with van der Waals surface area (Å²) in [6.45, 7) is 2.34. The maximum absolute atomic E-state index is 12.4. The molecule has 5 heteroatoms. The van der Waals surface area contributed by atoms with Crippen LogP contribution in [0.5, 0.6) is 11.5 Å². The molecule has 1 aliphatic rings. The predicted octanol–water partition coefficient (Wildman–Crippen LogP) is 3.60. The molecule has 0 aliphatic carbocycles. The molecule has 0 spiro atoms. The fourth-order valence-corrected chi connectivity index (χ4v) is 3.58. The van der Waals surface area contributed by atoms with E-state index >= 15 is 0 Å². The number of rotatable bonds is 7. The van der Waals surface area contributed by atoms with Gasteiger partial charge in [-0.25, -0.2) is 0 Å². The molecule has 1 fully saturated rings. The predicted molar refractivity (Wildman–Crippen MR) is 107 cm³/mol. The molecule has 1 heterocycles. The van der Waals surface area contributed by atoms with Crippen molar-refractivity contribution in [1.29, 1.82) is 0 Å². The lowest BCUT2D eigenvalue weighted by atomic mass is 9.90. The molecule has 2 aromatic carbocycles. The monoisotopic (exact) mass is 368 g/mol. The minimum absolute atomic E-state index is 0.00758. The molecule has 1 N–H and O–H groups in total. The SMILES string of the molecule is COc1cc(NC(=O)CN2CCC(Cc3ccccc3)CC2)cc(OC)c1. The molecule has 144 valence electrons. The van der Waals surface area contributed by atoms with E-state index < -0.39 is 0 Å². The largest absolute Gasteiger partial charge is 0.497 e. The van der Waals surface area contributed by atoms with Crippen LogP contribution in [-0.4, -0.2) is 44.7 Å². The Hall–Kier alpha value is -2.53. The maximum Gasteiger partial charge on any atom is 0.238 e. The second-order valence-corrected chi connectivity index (χ2v) is 7.06. The molecule has 1 amide bonds. The van der Waals surface area contributed by atoms with Gasteiger partial charge in [-0.1, -0.05) is 30.3 Å². The van der Waals surface area contributed by atoms with Crippen LogP contribution in [0.1, 0.15) is 18.4 Å². The fourth-order valence-electron chi connectivity index (χ4n) is 3.58. The molecule has 0 unspecified atom stereocenters. The highest BCUT2D eigenvalue weighted by atomic mass is 16.5. The van der Waals surface area contributed by atoms with Crippen LogP contribution in [0.3, 0.4) is 0 Å². The number of hydrogen-bond acceptors (Lipinski definition) is 4. The number of carbonyl (C=O) groups excluding carboxylic acids is 1. The Morgan fingerprint density at radius 1 is 1.04 bits per heavy atom. The second-order valence-electron chi connectivity index (χ2n) is 7.06. The van der Waals surface area contributed by atoms with Crippen molar-refractivity contribution in [2.45, 2.75) is 19.3 Å². The number of carbonyl (C=O) groups is 1. The summed E-state index contributed by atoms with van der Waals surface area (Å²) in [6, 6.07) is 16.0. The molecule has 2 aromatic rings. The van der Waals surface area contributed by atoms with Gasteiger partial charge in [0.1, 0.15) is 11.5 Å². The number of benzene rings is 2. The smallest absolute Gasteiger partial charge is 0.238 e. The molecule has 27 heavy (non-hydrogen) atoms. The van der Waals surface area contributed by atoms with Crippen molar-refractivity contribution in [1.82, 2.24) is 4.90 Å². The number of ether oxygens (including phenoxy) is 2. The topological polar surface area (TPSA) is 50.8 Å². The maximum atomic E-state index is 12.4. The molecule has 0 aromatic heterocycles. The van der Waals surface area contributed by atoms with Crippen LogP contribution in [0.15, 0.2) is 48.5 Å². The van der Waals surface area contributed by atoms with Crippen LogP contribution in [0.2, 0.25) is 0 Å². The second kappa shape index (κ2) is 9.42. The first-order valence-corrected chi connectivity index (χ1v) is 9.45. The van der Waals surface area contributed by atoms with E-state index in [1.54, 1.807) is 32.4 Å². The van der Waals surface area contributed by atoms with Gasteiger partial charge < -0.3 is 14.8 Å². The van der Waals surface area contributed by atoms with Crippen LogP contribution in [0.4, 0.5) is 5.69 Å². The lowest BCUT2D eigenvalue weighted by molar-refractivity contribution is -0.117. The summed E-state index contributed by atoms with van der Waals surface area (Å²) in [6.07, 6.45) is 3.40. The normalized spacial score (nSPS) is 15.3. The first-order valence-electron chi connectivity index (χ1n) is 9.45. The van der Waals surface area contributed by atoms with Crippen LogP contribution in [-0.2, 0) is 11.2 Å². The number of nitrogens with zero attached hydrogens (tertiary/aromatic N) is 1. The van der Waals surface area contributed by atoms with Gasteiger partial charge in [-0.15, -0.1) is 0 Å². The number of methoxy groups -OCH3 is 2. The lowest BCUT2D eigenvalue weighted by Crippen LogP contribution is -2.39. The zero-order valence-electron chi connectivity index (χ0n) is 16.1.